The molecule has 30 heavy (non-hydrogen) atoms. The second kappa shape index (κ2) is 8.39. The van der Waals surface area contributed by atoms with Crippen molar-refractivity contribution in [1.29, 1.82) is 5.26 Å². The molecule has 2 heterocycles. The van der Waals surface area contributed by atoms with Crippen molar-refractivity contribution in [2.75, 3.05) is 6.61 Å². The second-order valence-electron chi connectivity index (χ2n) is 7.24. The van der Waals surface area contributed by atoms with E-state index in [2.05, 4.69) is 0 Å². The first kappa shape index (κ1) is 19.7. The maximum atomic E-state index is 12.6. The zero-order valence-corrected chi connectivity index (χ0v) is 16.3. The van der Waals surface area contributed by atoms with Crippen LogP contribution in [0.2, 0.25) is 0 Å². The number of hydrogen-bond donors (Lipinski definition) is 1. The molecular formula is C23H21N3O4. The van der Waals surface area contributed by atoms with E-state index in [-0.39, 0.29) is 18.7 Å². The third-order valence-electron chi connectivity index (χ3n) is 5.24. The van der Waals surface area contributed by atoms with Gasteiger partial charge in [0, 0.05) is 12.2 Å². The number of nitriles is 1. The summed E-state index contributed by atoms with van der Waals surface area (Å²) in [7, 11) is 0. The molecule has 0 amide bonds. The first-order valence-electron chi connectivity index (χ1n) is 9.81. The number of hydrogen-bond acceptors (Lipinski definition) is 5. The standard InChI is InChI=1S/C23H21N3O4/c24-13-20-21-7-4-12-25(21)23(29)26(22(20)28)14-18(27)15-30-19-10-8-17(9-11-19)16-5-2-1-3-6-16/h1-3,5-6,8-11,18,27H,4,7,12,14-15H2/t18-/m1/s1. The van der Waals surface area contributed by atoms with Gasteiger partial charge in [-0.25, -0.2) is 4.79 Å². The van der Waals surface area contributed by atoms with E-state index in [9.17, 15) is 20.0 Å². The van der Waals surface area contributed by atoms with Crippen LogP contribution >= 0.6 is 0 Å². The van der Waals surface area contributed by atoms with Crippen molar-refractivity contribution < 1.29 is 9.84 Å². The lowest BCUT2D eigenvalue weighted by molar-refractivity contribution is 0.0900. The molecule has 1 aromatic heterocycles. The highest BCUT2D eigenvalue weighted by Crippen LogP contribution is 2.22. The molecule has 1 aliphatic rings. The summed E-state index contributed by atoms with van der Waals surface area (Å²) >= 11 is 0. The van der Waals surface area contributed by atoms with Crippen LogP contribution in [0.15, 0.2) is 64.2 Å². The largest absolute Gasteiger partial charge is 0.491 e. The molecule has 4 rings (SSSR count). The molecule has 0 unspecified atom stereocenters. The molecule has 0 saturated heterocycles. The van der Waals surface area contributed by atoms with Crippen molar-refractivity contribution in [2.24, 2.45) is 0 Å². The van der Waals surface area contributed by atoms with Crippen molar-refractivity contribution in [3.05, 3.63) is 86.7 Å². The van der Waals surface area contributed by atoms with Crippen molar-refractivity contribution >= 4 is 0 Å². The van der Waals surface area contributed by atoms with E-state index >= 15 is 0 Å². The zero-order valence-electron chi connectivity index (χ0n) is 16.3. The quantitative estimate of drug-likeness (QED) is 0.678. The van der Waals surface area contributed by atoms with Gasteiger partial charge in [-0.2, -0.15) is 5.26 Å². The Morgan fingerprint density at radius 1 is 1.07 bits per heavy atom. The maximum absolute atomic E-state index is 12.6. The molecule has 7 nitrogen and oxygen atoms in total. The molecule has 1 N–H and O–H groups in total. The van der Waals surface area contributed by atoms with Gasteiger partial charge in [0.25, 0.3) is 5.56 Å². The zero-order chi connectivity index (χ0) is 21.1. The van der Waals surface area contributed by atoms with E-state index < -0.39 is 17.4 Å². The van der Waals surface area contributed by atoms with Crippen molar-refractivity contribution in [3.8, 4) is 22.9 Å². The van der Waals surface area contributed by atoms with Crippen molar-refractivity contribution in [1.82, 2.24) is 9.13 Å². The van der Waals surface area contributed by atoms with Crippen LogP contribution in [0.4, 0.5) is 0 Å². The first-order chi connectivity index (χ1) is 14.6. The molecule has 152 valence electrons. The number of aliphatic hydroxyl groups is 1. The van der Waals surface area contributed by atoms with E-state index in [0.29, 0.717) is 24.4 Å². The molecule has 0 saturated carbocycles. The van der Waals surface area contributed by atoms with Gasteiger partial charge >= 0.3 is 5.69 Å². The number of aliphatic hydroxyl groups excluding tert-OH is 1. The maximum Gasteiger partial charge on any atom is 0.331 e. The number of fused-ring (bicyclic) bond motifs is 1. The van der Waals surface area contributed by atoms with Gasteiger partial charge < -0.3 is 9.84 Å². The summed E-state index contributed by atoms with van der Waals surface area (Å²) in [4.78, 5) is 25.1. The molecule has 3 aromatic rings. The predicted octanol–water partition coefficient (Wildman–Crippen LogP) is 1.93. The summed E-state index contributed by atoms with van der Waals surface area (Å²) in [5.74, 6) is 0.574. The van der Waals surface area contributed by atoms with Crippen LogP contribution in [0.5, 0.6) is 5.75 Å². The van der Waals surface area contributed by atoms with Gasteiger partial charge in [-0.1, -0.05) is 42.5 Å². The third kappa shape index (κ3) is 3.78. The predicted molar refractivity (Wildman–Crippen MR) is 111 cm³/mol. The van der Waals surface area contributed by atoms with Crippen molar-refractivity contribution in [3.63, 3.8) is 0 Å². The highest BCUT2D eigenvalue weighted by molar-refractivity contribution is 5.63. The Labute approximate surface area is 173 Å². The summed E-state index contributed by atoms with van der Waals surface area (Å²) in [5, 5.41) is 19.7. The number of nitrogens with zero attached hydrogens (tertiary/aromatic N) is 3. The second-order valence-corrected chi connectivity index (χ2v) is 7.24. The van der Waals surface area contributed by atoms with E-state index in [1.54, 1.807) is 12.1 Å². The first-order valence-corrected chi connectivity index (χ1v) is 9.81. The van der Waals surface area contributed by atoms with Crippen LogP contribution in [0, 0.1) is 11.3 Å². The lowest BCUT2D eigenvalue weighted by Gasteiger charge is -2.15. The monoisotopic (exact) mass is 403 g/mol. The smallest absolute Gasteiger partial charge is 0.331 e. The van der Waals surface area contributed by atoms with E-state index in [4.69, 9.17) is 4.74 Å². The van der Waals surface area contributed by atoms with Crippen LogP contribution in [0.3, 0.4) is 0 Å². The molecule has 2 aromatic carbocycles. The summed E-state index contributed by atoms with van der Waals surface area (Å²) in [6, 6.07) is 19.3. The van der Waals surface area contributed by atoms with Crippen LogP contribution in [-0.4, -0.2) is 27.0 Å². The van der Waals surface area contributed by atoms with E-state index in [1.165, 1.54) is 4.57 Å². The molecular weight excluding hydrogens is 382 g/mol. The minimum absolute atomic E-state index is 0.0169. The van der Waals surface area contributed by atoms with Crippen LogP contribution < -0.4 is 16.0 Å². The summed E-state index contributed by atoms with van der Waals surface area (Å²) in [6.45, 7) is 0.165. The Bertz CT molecular complexity index is 1200. The van der Waals surface area contributed by atoms with Crippen LogP contribution in [0.25, 0.3) is 11.1 Å². The van der Waals surface area contributed by atoms with Gasteiger partial charge in [-0.15, -0.1) is 0 Å². The third-order valence-corrected chi connectivity index (χ3v) is 5.24. The Kier molecular flexibility index (Phi) is 5.50. The molecule has 7 heteroatoms. The van der Waals surface area contributed by atoms with Crippen LogP contribution in [0.1, 0.15) is 17.7 Å². The van der Waals surface area contributed by atoms with Crippen molar-refractivity contribution in [2.45, 2.75) is 32.0 Å². The van der Waals surface area contributed by atoms with Gasteiger partial charge in [0.15, 0.2) is 0 Å². The summed E-state index contributed by atoms with van der Waals surface area (Å²) in [6.07, 6.45) is 0.187. The number of aromatic nitrogens is 2. The Balaban J connectivity index is 1.45. The fourth-order valence-electron chi connectivity index (χ4n) is 3.74. The van der Waals surface area contributed by atoms with Crippen LogP contribution in [-0.2, 0) is 19.5 Å². The van der Waals surface area contributed by atoms with Gasteiger partial charge in [0.2, 0.25) is 0 Å². The van der Waals surface area contributed by atoms with Gasteiger partial charge in [0.1, 0.15) is 30.1 Å². The van der Waals surface area contributed by atoms with Gasteiger partial charge in [-0.05, 0) is 36.1 Å². The highest BCUT2D eigenvalue weighted by Gasteiger charge is 2.23. The normalized spacial score (nSPS) is 13.5. The lowest BCUT2D eigenvalue weighted by Crippen LogP contribution is -2.44. The van der Waals surface area contributed by atoms with E-state index in [0.717, 1.165) is 22.1 Å². The minimum Gasteiger partial charge on any atom is -0.491 e. The average Bonchev–Trinajstić information content (AvgIpc) is 3.26. The Hall–Kier alpha value is -3.63. The van der Waals surface area contributed by atoms with Gasteiger partial charge in [0.05, 0.1) is 6.54 Å². The fraction of sp³-hybridized carbons (Fsp3) is 0.261. The highest BCUT2D eigenvalue weighted by atomic mass is 16.5. The Morgan fingerprint density at radius 2 is 1.77 bits per heavy atom. The molecule has 1 aliphatic heterocycles. The molecule has 0 spiro atoms. The fourth-order valence-corrected chi connectivity index (χ4v) is 3.74. The molecule has 0 bridgehead atoms. The molecule has 1 atom stereocenters. The summed E-state index contributed by atoms with van der Waals surface area (Å²) in [5.41, 5.74) is 1.48. The Morgan fingerprint density at radius 3 is 2.47 bits per heavy atom. The number of rotatable bonds is 6. The molecule has 0 aliphatic carbocycles. The summed E-state index contributed by atoms with van der Waals surface area (Å²) < 4.78 is 8.01. The lowest BCUT2D eigenvalue weighted by atomic mass is 10.1. The number of benzene rings is 2. The average molecular weight is 403 g/mol. The number of ether oxygens (including phenoxy) is 1. The van der Waals surface area contributed by atoms with E-state index in [1.807, 2.05) is 48.5 Å². The SMILES string of the molecule is N#Cc1c2n(c(=O)n(C[C@@H](O)COc3ccc(-c4ccccc4)cc3)c1=O)CCC2. The molecule has 0 fully saturated rings. The topological polar surface area (TPSA) is 97.2 Å². The minimum atomic E-state index is -1.07. The van der Waals surface area contributed by atoms with Gasteiger partial charge in [-0.3, -0.25) is 13.9 Å². The molecule has 0 radical (unpaired) electrons.